The molecule has 2 rings (SSSR count). The van der Waals surface area contributed by atoms with Gasteiger partial charge in [-0.15, -0.1) is 0 Å². The molecule has 2 heteroatoms. The van der Waals surface area contributed by atoms with E-state index >= 15 is 0 Å². The first-order chi connectivity index (χ1) is 5.42. The van der Waals surface area contributed by atoms with Crippen LogP contribution < -0.4 is 5.32 Å². The highest BCUT2D eigenvalue weighted by Gasteiger charge is 2.24. The molecule has 0 spiro atoms. The van der Waals surface area contributed by atoms with Crippen molar-refractivity contribution >= 4 is 0 Å². The highest BCUT2D eigenvalue weighted by atomic mass is 14.9. The van der Waals surface area contributed by atoms with E-state index in [1.54, 1.807) is 0 Å². The fourth-order valence-corrected chi connectivity index (χ4v) is 1.67. The molecular weight excluding hydrogens is 136 g/mol. The Labute approximate surface area is 66.2 Å². The Morgan fingerprint density at radius 2 is 2.55 bits per heavy atom. The molecule has 0 fully saturated rings. The molecule has 2 nitrogen and oxygen atoms in total. The highest BCUT2D eigenvalue weighted by molar-refractivity contribution is 5.36. The van der Waals surface area contributed by atoms with Crippen molar-refractivity contribution in [3.63, 3.8) is 0 Å². The lowest BCUT2D eigenvalue weighted by atomic mass is 9.95. The second-order valence-electron chi connectivity index (χ2n) is 2.94. The van der Waals surface area contributed by atoms with E-state index in [1.165, 1.54) is 11.3 Å². The summed E-state index contributed by atoms with van der Waals surface area (Å²) in [6.07, 6.45) is 6.41. The third kappa shape index (κ3) is 0.932. The maximum absolute atomic E-state index is 8.76. The van der Waals surface area contributed by atoms with Gasteiger partial charge in [-0.2, -0.15) is 5.26 Å². The molecule has 0 amide bonds. The second kappa shape index (κ2) is 2.43. The zero-order valence-electron chi connectivity index (χ0n) is 6.30. The maximum atomic E-state index is 8.76. The molecule has 1 atom stereocenters. The smallest absolute Gasteiger partial charge is 0.0868 e. The number of hydrogen-bond donors (Lipinski definition) is 1. The summed E-state index contributed by atoms with van der Waals surface area (Å²) >= 11 is 0. The molecule has 0 saturated carbocycles. The molecule has 0 aromatic rings. The highest BCUT2D eigenvalue weighted by Crippen LogP contribution is 2.28. The molecule has 1 unspecified atom stereocenters. The molecule has 1 aliphatic heterocycles. The summed E-state index contributed by atoms with van der Waals surface area (Å²) in [6, 6.07) is 2.31. The molecule has 0 aromatic heterocycles. The van der Waals surface area contributed by atoms with Crippen LogP contribution in [0.5, 0.6) is 0 Å². The van der Waals surface area contributed by atoms with Crippen LogP contribution in [0.15, 0.2) is 23.4 Å². The van der Waals surface area contributed by atoms with E-state index in [4.69, 9.17) is 5.26 Å². The van der Waals surface area contributed by atoms with Crippen molar-refractivity contribution in [1.29, 1.82) is 5.26 Å². The lowest BCUT2D eigenvalue weighted by Gasteiger charge is -2.08. The zero-order chi connectivity index (χ0) is 7.68. The summed E-state index contributed by atoms with van der Waals surface area (Å²) in [5, 5.41) is 12.0. The molecule has 2 aliphatic rings. The van der Waals surface area contributed by atoms with Crippen molar-refractivity contribution in [2.75, 3.05) is 6.54 Å². The summed E-state index contributed by atoms with van der Waals surface area (Å²) in [5.41, 5.74) is 2.51. The van der Waals surface area contributed by atoms with Crippen molar-refractivity contribution in [1.82, 2.24) is 5.32 Å². The van der Waals surface area contributed by atoms with Gasteiger partial charge in [0, 0.05) is 12.2 Å². The van der Waals surface area contributed by atoms with Gasteiger partial charge < -0.3 is 5.32 Å². The predicted octanol–water partition coefficient (Wildman–Crippen LogP) is 1.33. The molecule has 1 aliphatic carbocycles. The largest absolute Gasteiger partial charge is 0.383 e. The Bertz CT molecular complexity index is 268. The van der Waals surface area contributed by atoms with Gasteiger partial charge in [0.1, 0.15) is 0 Å². The van der Waals surface area contributed by atoms with Crippen LogP contribution >= 0.6 is 0 Å². The van der Waals surface area contributed by atoms with Gasteiger partial charge in [0.25, 0.3) is 0 Å². The molecule has 1 N–H and O–H groups in total. The summed E-state index contributed by atoms with van der Waals surface area (Å²) in [5.74, 6) is 0.134. The van der Waals surface area contributed by atoms with Crippen molar-refractivity contribution < 1.29 is 0 Å². The molecule has 11 heavy (non-hydrogen) atoms. The number of hydrogen-bond acceptors (Lipinski definition) is 2. The Morgan fingerprint density at radius 1 is 1.64 bits per heavy atom. The van der Waals surface area contributed by atoms with Gasteiger partial charge in [0.2, 0.25) is 0 Å². The van der Waals surface area contributed by atoms with Crippen LogP contribution in [-0.2, 0) is 0 Å². The second-order valence-corrected chi connectivity index (χ2v) is 2.94. The molecule has 0 bridgehead atoms. The minimum Gasteiger partial charge on any atom is -0.383 e. The molecule has 56 valence electrons. The van der Waals surface area contributed by atoms with Crippen molar-refractivity contribution in [3.8, 4) is 6.07 Å². The van der Waals surface area contributed by atoms with Gasteiger partial charge >= 0.3 is 0 Å². The van der Waals surface area contributed by atoms with Crippen LogP contribution in [-0.4, -0.2) is 6.54 Å². The van der Waals surface area contributed by atoms with E-state index in [1.807, 2.05) is 0 Å². The van der Waals surface area contributed by atoms with E-state index in [0.29, 0.717) is 0 Å². The molecule has 0 radical (unpaired) electrons. The monoisotopic (exact) mass is 146 g/mol. The Kier molecular flexibility index (Phi) is 1.43. The molecular formula is C9H10N2. The summed E-state index contributed by atoms with van der Waals surface area (Å²) < 4.78 is 0. The van der Waals surface area contributed by atoms with Crippen molar-refractivity contribution in [3.05, 3.63) is 23.4 Å². The third-order valence-electron chi connectivity index (χ3n) is 2.28. The Morgan fingerprint density at radius 3 is 3.36 bits per heavy atom. The lowest BCUT2D eigenvalue weighted by molar-refractivity contribution is 0.746. The number of nitrogens with one attached hydrogen (secondary N) is 1. The van der Waals surface area contributed by atoms with Crippen LogP contribution in [0.3, 0.4) is 0 Å². The van der Waals surface area contributed by atoms with Crippen molar-refractivity contribution in [2.24, 2.45) is 5.92 Å². The molecule has 0 saturated heterocycles. The third-order valence-corrected chi connectivity index (χ3v) is 2.28. The van der Waals surface area contributed by atoms with Gasteiger partial charge in [-0.05, 0) is 24.5 Å². The fourth-order valence-electron chi connectivity index (χ4n) is 1.67. The standard InChI is InChI=1S/C9H10N2/c10-5-7-6-11-9-4-2-1-3-8(7)9/h2,4,7,11H,1,3,6H2. The summed E-state index contributed by atoms with van der Waals surface area (Å²) in [7, 11) is 0. The topological polar surface area (TPSA) is 35.8 Å². The quantitative estimate of drug-likeness (QED) is 0.559. The molecule has 0 aromatic carbocycles. The number of nitriles is 1. The number of nitrogens with zero attached hydrogens (tertiary/aromatic N) is 1. The van der Waals surface area contributed by atoms with Crippen LogP contribution in [0.25, 0.3) is 0 Å². The van der Waals surface area contributed by atoms with E-state index in [-0.39, 0.29) is 5.92 Å². The van der Waals surface area contributed by atoms with Crippen LogP contribution in [0.4, 0.5) is 0 Å². The van der Waals surface area contributed by atoms with E-state index in [0.717, 1.165) is 19.4 Å². The number of allylic oxidation sites excluding steroid dienone is 2. The van der Waals surface area contributed by atoms with Crippen LogP contribution in [0, 0.1) is 17.2 Å². The first-order valence-corrected chi connectivity index (χ1v) is 3.95. The van der Waals surface area contributed by atoms with Crippen LogP contribution in [0.1, 0.15) is 12.8 Å². The lowest BCUT2D eigenvalue weighted by Crippen LogP contribution is -2.09. The van der Waals surface area contributed by atoms with Crippen LogP contribution in [0.2, 0.25) is 0 Å². The maximum Gasteiger partial charge on any atom is 0.0868 e. The van der Waals surface area contributed by atoms with Gasteiger partial charge in [-0.1, -0.05) is 6.08 Å². The average molecular weight is 146 g/mol. The average Bonchev–Trinajstić information content (AvgIpc) is 2.47. The summed E-state index contributed by atoms with van der Waals surface area (Å²) in [6.45, 7) is 0.811. The minimum atomic E-state index is 0.134. The number of rotatable bonds is 0. The van der Waals surface area contributed by atoms with Gasteiger partial charge in [-0.25, -0.2) is 0 Å². The Hall–Kier alpha value is -1.23. The van der Waals surface area contributed by atoms with E-state index in [9.17, 15) is 0 Å². The first kappa shape index (κ1) is 6.48. The van der Waals surface area contributed by atoms with Gasteiger partial charge in [0.05, 0.1) is 12.0 Å². The van der Waals surface area contributed by atoms with Crippen molar-refractivity contribution in [2.45, 2.75) is 12.8 Å². The first-order valence-electron chi connectivity index (χ1n) is 3.95. The predicted molar refractivity (Wildman–Crippen MR) is 42.5 cm³/mol. The summed E-state index contributed by atoms with van der Waals surface area (Å²) in [4.78, 5) is 0. The zero-order valence-corrected chi connectivity index (χ0v) is 6.30. The van der Waals surface area contributed by atoms with Gasteiger partial charge in [0.15, 0.2) is 0 Å². The van der Waals surface area contributed by atoms with E-state index < -0.39 is 0 Å². The normalized spacial score (nSPS) is 27.7. The fraction of sp³-hybridized carbons (Fsp3) is 0.444. The molecule has 1 heterocycles. The van der Waals surface area contributed by atoms with Gasteiger partial charge in [-0.3, -0.25) is 0 Å². The SMILES string of the molecule is N#CC1CNC2=C1CCC=C2. The van der Waals surface area contributed by atoms with E-state index in [2.05, 4.69) is 23.5 Å². The minimum absolute atomic E-state index is 0.134. The Balaban J connectivity index is 2.30.